The van der Waals surface area contributed by atoms with Gasteiger partial charge in [-0.2, -0.15) is 0 Å². The van der Waals surface area contributed by atoms with Gasteiger partial charge in [0.2, 0.25) is 5.89 Å². The Bertz CT molecular complexity index is 1250. The highest BCUT2D eigenvalue weighted by Gasteiger charge is 2.13. The van der Waals surface area contributed by atoms with Crippen LogP contribution in [-0.2, 0) is 0 Å². The highest BCUT2D eigenvalue weighted by Crippen LogP contribution is 2.29. The number of ether oxygens (including phenoxy) is 1. The smallest absolute Gasteiger partial charge is 0.255 e. The number of halogens is 1. The molecule has 4 rings (SSSR count). The van der Waals surface area contributed by atoms with Crippen molar-refractivity contribution in [3.63, 3.8) is 0 Å². The number of aromatic nitrogens is 1. The van der Waals surface area contributed by atoms with Gasteiger partial charge in [0.15, 0.2) is 5.58 Å². The van der Waals surface area contributed by atoms with Gasteiger partial charge in [0.05, 0.1) is 11.6 Å². The monoisotopic (exact) mass is 448 g/mol. The third-order valence-corrected chi connectivity index (χ3v) is 5.77. The SMILES string of the molecule is CCOc1ccc(C(=O)Nc2ccc(-c3nc4cc([C@H](C)CC)ccc4o3)cc2)cc1Cl. The zero-order valence-electron chi connectivity index (χ0n) is 18.3. The molecule has 0 radical (unpaired) electrons. The predicted molar refractivity (Wildman–Crippen MR) is 129 cm³/mol. The average Bonchev–Trinajstić information content (AvgIpc) is 3.23. The highest BCUT2D eigenvalue weighted by atomic mass is 35.5. The Balaban J connectivity index is 1.49. The van der Waals surface area contributed by atoms with E-state index in [1.165, 1.54) is 5.56 Å². The van der Waals surface area contributed by atoms with Gasteiger partial charge >= 0.3 is 0 Å². The predicted octanol–water partition coefficient (Wildman–Crippen LogP) is 7.31. The molecule has 0 fully saturated rings. The second-order valence-electron chi connectivity index (χ2n) is 7.67. The first kappa shape index (κ1) is 21.9. The van der Waals surface area contributed by atoms with Crippen LogP contribution >= 0.6 is 11.6 Å². The lowest BCUT2D eigenvalue weighted by Gasteiger charge is -2.09. The van der Waals surface area contributed by atoms with E-state index in [9.17, 15) is 4.79 Å². The molecule has 0 aliphatic carbocycles. The minimum atomic E-state index is -0.248. The van der Waals surface area contributed by atoms with Crippen molar-refractivity contribution < 1.29 is 13.9 Å². The molecule has 0 saturated heterocycles. The van der Waals surface area contributed by atoms with Gasteiger partial charge in [-0.1, -0.05) is 31.5 Å². The number of benzene rings is 3. The molecule has 6 heteroatoms. The fourth-order valence-electron chi connectivity index (χ4n) is 3.42. The van der Waals surface area contributed by atoms with Gasteiger partial charge in [-0.3, -0.25) is 4.79 Å². The maximum absolute atomic E-state index is 12.6. The lowest BCUT2D eigenvalue weighted by Crippen LogP contribution is -2.11. The van der Waals surface area contributed by atoms with E-state index in [0.717, 1.165) is 23.1 Å². The fraction of sp³-hybridized carbons (Fsp3) is 0.231. The Morgan fingerprint density at radius 2 is 1.88 bits per heavy atom. The number of rotatable bonds is 7. The number of amides is 1. The van der Waals surface area contributed by atoms with Crippen molar-refractivity contribution in [3.05, 3.63) is 76.8 Å². The zero-order valence-corrected chi connectivity index (χ0v) is 19.1. The first-order valence-corrected chi connectivity index (χ1v) is 11.1. The first-order valence-electron chi connectivity index (χ1n) is 10.7. The van der Waals surface area contributed by atoms with Gasteiger partial charge in [-0.05, 0) is 79.4 Å². The number of fused-ring (bicyclic) bond motifs is 1. The Kier molecular flexibility index (Phi) is 6.47. The molecule has 164 valence electrons. The molecule has 0 aliphatic rings. The van der Waals surface area contributed by atoms with E-state index in [0.29, 0.717) is 40.4 Å². The minimum absolute atomic E-state index is 0.248. The van der Waals surface area contributed by atoms with Crippen LogP contribution in [0.15, 0.2) is 65.1 Å². The minimum Gasteiger partial charge on any atom is -0.492 e. The van der Waals surface area contributed by atoms with Crippen molar-refractivity contribution in [3.8, 4) is 17.2 Å². The van der Waals surface area contributed by atoms with Crippen LogP contribution in [0.4, 0.5) is 5.69 Å². The number of hydrogen-bond acceptors (Lipinski definition) is 4. The molecular weight excluding hydrogens is 424 g/mol. The first-order chi connectivity index (χ1) is 15.5. The Morgan fingerprint density at radius 3 is 2.56 bits per heavy atom. The van der Waals surface area contributed by atoms with Crippen molar-refractivity contribution >= 4 is 34.3 Å². The molecule has 3 aromatic carbocycles. The number of nitrogens with one attached hydrogen (secondary N) is 1. The molecule has 1 atom stereocenters. The van der Waals surface area contributed by atoms with Gasteiger partial charge in [-0.15, -0.1) is 0 Å². The average molecular weight is 449 g/mol. The van der Waals surface area contributed by atoms with Gasteiger partial charge in [-0.25, -0.2) is 4.98 Å². The topological polar surface area (TPSA) is 64.4 Å². The molecule has 1 heterocycles. The lowest BCUT2D eigenvalue weighted by molar-refractivity contribution is 0.102. The maximum atomic E-state index is 12.6. The molecule has 32 heavy (non-hydrogen) atoms. The molecule has 4 aromatic rings. The van der Waals surface area contributed by atoms with Crippen LogP contribution in [0.5, 0.6) is 5.75 Å². The van der Waals surface area contributed by atoms with Crippen LogP contribution < -0.4 is 10.1 Å². The third-order valence-electron chi connectivity index (χ3n) is 5.48. The van der Waals surface area contributed by atoms with Crippen LogP contribution in [0.25, 0.3) is 22.6 Å². The Labute approximate surface area is 192 Å². The van der Waals surface area contributed by atoms with Crippen LogP contribution in [-0.4, -0.2) is 17.5 Å². The molecule has 5 nitrogen and oxygen atoms in total. The van der Waals surface area contributed by atoms with Gasteiger partial charge in [0.25, 0.3) is 5.91 Å². The van der Waals surface area contributed by atoms with Gasteiger partial charge < -0.3 is 14.5 Å². The van der Waals surface area contributed by atoms with E-state index >= 15 is 0 Å². The summed E-state index contributed by atoms with van der Waals surface area (Å²) in [4.78, 5) is 17.2. The molecule has 1 amide bonds. The standard InChI is InChI=1S/C26H25ClN2O3/c1-4-16(3)18-8-13-24-22(15-18)29-26(32-24)17-6-10-20(11-7-17)28-25(30)19-9-12-23(31-5-2)21(27)14-19/h6-16H,4-5H2,1-3H3,(H,28,30)/t16-/m1/s1. The number of oxazole rings is 1. The molecule has 0 unspecified atom stereocenters. The van der Waals surface area contributed by atoms with Crippen molar-refractivity contribution in [1.82, 2.24) is 4.98 Å². The number of nitrogens with zero attached hydrogens (tertiary/aromatic N) is 1. The van der Waals surface area contributed by atoms with E-state index in [4.69, 9.17) is 20.8 Å². The maximum Gasteiger partial charge on any atom is 0.255 e. The summed E-state index contributed by atoms with van der Waals surface area (Å²) >= 11 is 6.19. The molecule has 0 aliphatic heterocycles. The zero-order chi connectivity index (χ0) is 22.7. The normalized spacial score (nSPS) is 12.0. The van der Waals surface area contributed by atoms with Crippen LogP contribution in [0.3, 0.4) is 0 Å². The Hall–Kier alpha value is -3.31. The number of anilines is 1. The van der Waals surface area contributed by atoms with E-state index in [2.05, 4.69) is 36.3 Å². The van der Waals surface area contributed by atoms with Crippen molar-refractivity contribution in [2.75, 3.05) is 11.9 Å². The molecule has 0 saturated carbocycles. The van der Waals surface area contributed by atoms with Crippen molar-refractivity contribution in [2.24, 2.45) is 0 Å². The number of carbonyl (C=O) groups is 1. The van der Waals surface area contributed by atoms with Crippen molar-refractivity contribution in [1.29, 1.82) is 0 Å². The van der Waals surface area contributed by atoms with Crippen molar-refractivity contribution in [2.45, 2.75) is 33.1 Å². The lowest BCUT2D eigenvalue weighted by atomic mass is 9.98. The van der Waals surface area contributed by atoms with E-state index in [-0.39, 0.29) is 5.91 Å². The summed E-state index contributed by atoms with van der Waals surface area (Å²) in [5.41, 5.74) is 4.83. The molecule has 1 aromatic heterocycles. The Morgan fingerprint density at radius 1 is 1.09 bits per heavy atom. The summed E-state index contributed by atoms with van der Waals surface area (Å²) in [6.45, 7) is 6.77. The summed E-state index contributed by atoms with van der Waals surface area (Å²) in [6, 6.07) is 18.5. The largest absolute Gasteiger partial charge is 0.492 e. The van der Waals surface area contributed by atoms with E-state index in [1.54, 1.807) is 18.2 Å². The summed E-state index contributed by atoms with van der Waals surface area (Å²) in [5.74, 6) is 1.34. The van der Waals surface area contributed by atoms with Crippen LogP contribution in [0, 0.1) is 0 Å². The summed E-state index contributed by atoms with van der Waals surface area (Å²) < 4.78 is 11.3. The quantitative estimate of drug-likeness (QED) is 0.322. The molecule has 0 bridgehead atoms. The third kappa shape index (κ3) is 4.63. The second kappa shape index (κ2) is 9.45. The molecule has 1 N–H and O–H groups in total. The second-order valence-corrected chi connectivity index (χ2v) is 8.07. The van der Waals surface area contributed by atoms with E-state index in [1.807, 2.05) is 37.3 Å². The summed E-state index contributed by atoms with van der Waals surface area (Å²) in [5, 5.41) is 3.28. The molecular formula is C26H25ClN2O3. The summed E-state index contributed by atoms with van der Waals surface area (Å²) in [6.07, 6.45) is 1.08. The number of hydrogen-bond donors (Lipinski definition) is 1. The van der Waals surface area contributed by atoms with E-state index < -0.39 is 0 Å². The summed E-state index contributed by atoms with van der Waals surface area (Å²) in [7, 11) is 0. The van der Waals surface area contributed by atoms with Gasteiger partial charge in [0, 0.05) is 16.8 Å². The van der Waals surface area contributed by atoms with Crippen LogP contribution in [0.2, 0.25) is 5.02 Å². The van der Waals surface area contributed by atoms with Crippen LogP contribution in [0.1, 0.15) is 49.0 Å². The molecule has 0 spiro atoms. The fourth-order valence-corrected chi connectivity index (χ4v) is 3.66. The van der Waals surface area contributed by atoms with Gasteiger partial charge in [0.1, 0.15) is 11.3 Å². The number of carbonyl (C=O) groups excluding carboxylic acids is 1. The highest BCUT2D eigenvalue weighted by molar-refractivity contribution is 6.32.